The molecular formula is C20H21ClFN3O3. The molecule has 0 saturated carbocycles. The average molecular weight is 406 g/mol. The zero-order chi connectivity index (χ0) is 20.5. The molecule has 0 saturated heterocycles. The zero-order valence-electron chi connectivity index (χ0n) is 15.5. The van der Waals surface area contributed by atoms with E-state index < -0.39 is 11.8 Å². The molecule has 28 heavy (non-hydrogen) atoms. The second kappa shape index (κ2) is 10.4. The summed E-state index contributed by atoms with van der Waals surface area (Å²) >= 11 is 6.00. The van der Waals surface area contributed by atoms with Crippen molar-refractivity contribution < 1.29 is 18.7 Å². The van der Waals surface area contributed by atoms with Crippen LogP contribution >= 0.6 is 11.6 Å². The van der Waals surface area contributed by atoms with Gasteiger partial charge in [-0.15, -0.1) is 0 Å². The van der Waals surface area contributed by atoms with E-state index in [9.17, 15) is 14.0 Å². The Morgan fingerprint density at radius 2 is 1.89 bits per heavy atom. The highest BCUT2D eigenvalue weighted by Gasteiger charge is 2.12. The minimum atomic E-state index is -0.868. The van der Waals surface area contributed by atoms with Crippen LogP contribution in [0.1, 0.15) is 25.0 Å². The third-order valence-electron chi connectivity index (χ3n) is 3.53. The van der Waals surface area contributed by atoms with Gasteiger partial charge in [-0.05, 0) is 41.8 Å². The summed E-state index contributed by atoms with van der Waals surface area (Å²) in [5.41, 5.74) is 3.46. The highest BCUT2D eigenvalue weighted by atomic mass is 35.5. The molecule has 2 amide bonds. The third kappa shape index (κ3) is 7.00. The molecule has 0 aliphatic rings. The molecule has 2 rings (SSSR count). The van der Waals surface area contributed by atoms with Crippen LogP contribution < -0.4 is 15.5 Å². The summed E-state index contributed by atoms with van der Waals surface area (Å²) < 4.78 is 18.7. The summed E-state index contributed by atoms with van der Waals surface area (Å²) in [6.45, 7) is 4.45. The van der Waals surface area contributed by atoms with E-state index in [0.717, 1.165) is 5.56 Å². The number of rotatable bonds is 7. The third-order valence-corrected chi connectivity index (χ3v) is 3.76. The first-order chi connectivity index (χ1) is 13.3. The van der Waals surface area contributed by atoms with Crippen molar-refractivity contribution in [1.29, 1.82) is 0 Å². The lowest BCUT2D eigenvalue weighted by Crippen LogP contribution is -2.39. The van der Waals surface area contributed by atoms with Crippen LogP contribution in [0.4, 0.5) is 4.39 Å². The molecule has 0 heterocycles. The van der Waals surface area contributed by atoms with Gasteiger partial charge < -0.3 is 10.1 Å². The Labute approximate surface area is 167 Å². The van der Waals surface area contributed by atoms with Gasteiger partial charge in [0.2, 0.25) is 0 Å². The number of hydrazone groups is 1. The van der Waals surface area contributed by atoms with Gasteiger partial charge in [0.15, 0.2) is 0 Å². The molecule has 0 radical (unpaired) electrons. The smallest absolute Gasteiger partial charge is 0.329 e. The molecule has 6 nitrogen and oxygen atoms in total. The fourth-order valence-corrected chi connectivity index (χ4v) is 2.26. The van der Waals surface area contributed by atoms with E-state index in [2.05, 4.69) is 15.8 Å². The second-order valence-electron chi connectivity index (χ2n) is 6.40. The Balaban J connectivity index is 1.99. The predicted octanol–water partition coefficient (Wildman–Crippen LogP) is 3.28. The van der Waals surface area contributed by atoms with Gasteiger partial charge in [-0.25, -0.2) is 9.82 Å². The molecule has 2 aromatic rings. The minimum absolute atomic E-state index is 0.215. The number of halogens is 2. The highest BCUT2D eigenvalue weighted by molar-refractivity contribution is 6.35. The van der Waals surface area contributed by atoms with Gasteiger partial charge in [-0.1, -0.05) is 37.6 Å². The number of carbonyl (C=O) groups is 2. The van der Waals surface area contributed by atoms with Gasteiger partial charge in [0, 0.05) is 17.1 Å². The van der Waals surface area contributed by atoms with E-state index >= 15 is 0 Å². The maximum Gasteiger partial charge on any atom is 0.329 e. The largest absolute Gasteiger partial charge is 0.488 e. The Bertz CT molecular complexity index is 854. The molecular weight excluding hydrogens is 385 g/mol. The van der Waals surface area contributed by atoms with Crippen LogP contribution in [0.3, 0.4) is 0 Å². The van der Waals surface area contributed by atoms with Crippen LogP contribution in [0.25, 0.3) is 0 Å². The number of nitrogens with one attached hydrogen (secondary N) is 2. The molecule has 0 unspecified atom stereocenters. The van der Waals surface area contributed by atoms with Crippen LogP contribution in [0, 0.1) is 11.7 Å². The topological polar surface area (TPSA) is 79.8 Å². The van der Waals surface area contributed by atoms with Gasteiger partial charge in [0.05, 0.1) is 6.21 Å². The van der Waals surface area contributed by atoms with Crippen molar-refractivity contribution in [3.63, 3.8) is 0 Å². The van der Waals surface area contributed by atoms with Crippen molar-refractivity contribution in [2.45, 2.75) is 20.5 Å². The molecule has 0 atom stereocenters. The number of ether oxygens (including phenoxy) is 1. The molecule has 148 valence electrons. The van der Waals surface area contributed by atoms with E-state index in [4.69, 9.17) is 16.3 Å². The standard InChI is InChI=1S/C20H21ClFN3O3/c1-13(2)10-23-19(26)20(27)25-24-11-15-9-16(21)5-8-18(15)28-12-14-3-6-17(22)7-4-14/h3-9,11,13H,10,12H2,1-2H3,(H,23,26)(H,25,27)/b24-11-. The van der Waals surface area contributed by atoms with E-state index in [1.54, 1.807) is 30.3 Å². The summed E-state index contributed by atoms with van der Waals surface area (Å²) in [6.07, 6.45) is 1.33. The SMILES string of the molecule is CC(C)CNC(=O)C(=O)N/N=C\c1cc(Cl)ccc1OCc1ccc(F)cc1. The van der Waals surface area contributed by atoms with E-state index in [-0.39, 0.29) is 18.3 Å². The normalized spacial score (nSPS) is 10.9. The number of carbonyl (C=O) groups excluding carboxylic acids is 2. The van der Waals surface area contributed by atoms with Gasteiger partial charge in [0.1, 0.15) is 18.2 Å². The van der Waals surface area contributed by atoms with Gasteiger partial charge in [-0.3, -0.25) is 9.59 Å². The first-order valence-corrected chi connectivity index (χ1v) is 9.01. The lowest BCUT2D eigenvalue weighted by atomic mass is 10.2. The molecule has 2 aromatic carbocycles. The second-order valence-corrected chi connectivity index (χ2v) is 6.84. The van der Waals surface area contributed by atoms with Gasteiger partial charge in [0.25, 0.3) is 0 Å². The van der Waals surface area contributed by atoms with Gasteiger partial charge >= 0.3 is 11.8 Å². The fourth-order valence-electron chi connectivity index (χ4n) is 2.08. The minimum Gasteiger partial charge on any atom is -0.488 e. The van der Waals surface area contributed by atoms with Crippen LogP contribution in [-0.4, -0.2) is 24.6 Å². The monoisotopic (exact) mass is 405 g/mol. The number of hydrogen-bond acceptors (Lipinski definition) is 4. The molecule has 0 fully saturated rings. The van der Waals surface area contributed by atoms with Crippen molar-refractivity contribution in [2.75, 3.05) is 6.54 Å². The average Bonchev–Trinajstić information content (AvgIpc) is 2.66. The lowest BCUT2D eigenvalue weighted by Gasteiger charge is -2.10. The van der Waals surface area contributed by atoms with Crippen molar-refractivity contribution in [1.82, 2.24) is 10.7 Å². The molecule has 0 aliphatic heterocycles. The van der Waals surface area contributed by atoms with E-state index in [1.807, 2.05) is 13.8 Å². The van der Waals surface area contributed by atoms with Crippen LogP contribution in [0.5, 0.6) is 5.75 Å². The summed E-state index contributed by atoms with van der Waals surface area (Å²) in [5, 5.41) is 6.74. The zero-order valence-corrected chi connectivity index (χ0v) is 16.3. The van der Waals surface area contributed by atoms with E-state index in [0.29, 0.717) is 22.9 Å². The molecule has 0 spiro atoms. The Morgan fingerprint density at radius 3 is 2.57 bits per heavy atom. The van der Waals surface area contributed by atoms with Crippen LogP contribution in [0.15, 0.2) is 47.6 Å². The molecule has 0 bridgehead atoms. The number of nitrogens with zero attached hydrogens (tertiary/aromatic N) is 1. The number of hydrogen-bond donors (Lipinski definition) is 2. The first-order valence-electron chi connectivity index (χ1n) is 8.63. The summed E-state index contributed by atoms with van der Waals surface area (Å²) in [7, 11) is 0. The molecule has 2 N–H and O–H groups in total. The summed E-state index contributed by atoms with van der Waals surface area (Å²) in [6, 6.07) is 10.9. The Kier molecular flexibility index (Phi) is 7.95. The highest BCUT2D eigenvalue weighted by Crippen LogP contribution is 2.22. The fraction of sp³-hybridized carbons (Fsp3) is 0.250. The summed E-state index contributed by atoms with van der Waals surface area (Å²) in [4.78, 5) is 23.3. The van der Waals surface area contributed by atoms with Crippen molar-refractivity contribution in [3.8, 4) is 5.75 Å². The maximum absolute atomic E-state index is 13.0. The summed E-state index contributed by atoms with van der Waals surface area (Å²) in [5.74, 6) is -1.25. The maximum atomic E-state index is 13.0. The first kappa shape index (κ1) is 21.4. The van der Waals surface area contributed by atoms with Crippen molar-refractivity contribution in [3.05, 3.63) is 64.4 Å². The Morgan fingerprint density at radius 1 is 1.18 bits per heavy atom. The Hall–Kier alpha value is -2.93. The number of amides is 2. The quantitative estimate of drug-likeness (QED) is 0.421. The number of benzene rings is 2. The van der Waals surface area contributed by atoms with Crippen molar-refractivity contribution in [2.24, 2.45) is 11.0 Å². The van der Waals surface area contributed by atoms with E-state index in [1.165, 1.54) is 18.3 Å². The van der Waals surface area contributed by atoms with Gasteiger partial charge in [-0.2, -0.15) is 5.10 Å². The van der Waals surface area contributed by atoms with Crippen molar-refractivity contribution >= 4 is 29.6 Å². The molecule has 8 heteroatoms. The predicted molar refractivity (Wildman–Crippen MR) is 106 cm³/mol. The molecule has 0 aliphatic carbocycles. The van der Waals surface area contributed by atoms with Crippen LogP contribution in [0.2, 0.25) is 5.02 Å². The lowest BCUT2D eigenvalue weighted by molar-refractivity contribution is -0.139. The van der Waals surface area contributed by atoms with Crippen LogP contribution in [-0.2, 0) is 16.2 Å². The molecule has 0 aromatic heterocycles.